The van der Waals surface area contributed by atoms with Crippen LogP contribution in [-0.2, 0) is 16.6 Å². The largest absolute Gasteiger partial charge is 0.383 e. The van der Waals surface area contributed by atoms with Gasteiger partial charge in [0.2, 0.25) is 11.8 Å². The van der Waals surface area contributed by atoms with Crippen LogP contribution in [-0.4, -0.2) is 32.4 Å². The van der Waals surface area contributed by atoms with Gasteiger partial charge in [-0.05, 0) is 57.9 Å². The van der Waals surface area contributed by atoms with E-state index in [1.54, 1.807) is 35.0 Å². The molecule has 190 valence electrons. The summed E-state index contributed by atoms with van der Waals surface area (Å²) < 4.78 is 21.5. The summed E-state index contributed by atoms with van der Waals surface area (Å²) in [5.41, 5.74) is 13.3. The molecule has 9 nitrogen and oxygen atoms in total. The van der Waals surface area contributed by atoms with Crippen LogP contribution < -0.4 is 16.8 Å². The van der Waals surface area contributed by atoms with Crippen LogP contribution >= 0.6 is 0 Å². The van der Waals surface area contributed by atoms with E-state index >= 15 is 0 Å². The summed E-state index contributed by atoms with van der Waals surface area (Å²) in [4.78, 5) is 24.6. The molecule has 2 heterocycles. The zero-order valence-corrected chi connectivity index (χ0v) is 20.5. The molecule has 36 heavy (non-hydrogen) atoms. The second kappa shape index (κ2) is 8.76. The zero-order valence-electron chi connectivity index (χ0n) is 20.5. The Labute approximate surface area is 208 Å². The Hall–Kier alpha value is -3.69. The van der Waals surface area contributed by atoms with Crippen molar-refractivity contribution in [2.75, 3.05) is 11.1 Å². The normalized spacial score (nSPS) is 23.2. The van der Waals surface area contributed by atoms with Crippen LogP contribution in [0.15, 0.2) is 34.9 Å². The third-order valence-corrected chi connectivity index (χ3v) is 7.75. The van der Waals surface area contributed by atoms with Gasteiger partial charge in [0.1, 0.15) is 22.7 Å². The Morgan fingerprint density at radius 3 is 2.36 bits per heavy atom. The number of anilines is 2. The molecule has 0 aliphatic heterocycles. The first-order chi connectivity index (χ1) is 17.1. The Balaban J connectivity index is 1.26. The molecule has 0 saturated heterocycles. The number of alkyl halides is 1. The van der Waals surface area contributed by atoms with Crippen LogP contribution in [0.25, 0.3) is 11.3 Å². The van der Waals surface area contributed by atoms with Crippen molar-refractivity contribution in [2.45, 2.75) is 75.9 Å². The van der Waals surface area contributed by atoms with Gasteiger partial charge in [-0.25, -0.2) is 9.07 Å². The summed E-state index contributed by atoms with van der Waals surface area (Å²) >= 11 is 0. The van der Waals surface area contributed by atoms with Crippen LogP contribution in [0.5, 0.6) is 0 Å². The number of nitrogens with one attached hydrogen (secondary N) is 1. The van der Waals surface area contributed by atoms with Crippen LogP contribution in [0.1, 0.15) is 80.0 Å². The van der Waals surface area contributed by atoms with E-state index in [9.17, 15) is 14.0 Å². The lowest BCUT2D eigenvalue weighted by molar-refractivity contribution is -0.115. The fourth-order valence-corrected chi connectivity index (χ4v) is 5.54. The zero-order chi connectivity index (χ0) is 25.7. The van der Waals surface area contributed by atoms with Gasteiger partial charge in [0, 0.05) is 23.1 Å². The summed E-state index contributed by atoms with van der Waals surface area (Å²) in [6, 6.07) is 8.89. The molecule has 2 aromatic heterocycles. The minimum Gasteiger partial charge on any atom is -0.383 e. The molecule has 3 aromatic rings. The van der Waals surface area contributed by atoms with Crippen LogP contribution in [0.3, 0.4) is 0 Å². The lowest BCUT2D eigenvalue weighted by Gasteiger charge is -2.48. The van der Waals surface area contributed by atoms with Gasteiger partial charge in [0.05, 0.1) is 12.1 Å². The van der Waals surface area contributed by atoms with Crippen molar-refractivity contribution < 1.29 is 18.5 Å². The van der Waals surface area contributed by atoms with Crippen molar-refractivity contribution in [1.29, 1.82) is 0 Å². The number of primary amides is 1. The van der Waals surface area contributed by atoms with E-state index in [-0.39, 0.29) is 35.2 Å². The third kappa shape index (κ3) is 4.25. The molecule has 1 aromatic carbocycles. The molecule has 6 rings (SSSR count). The molecule has 0 unspecified atom stereocenters. The van der Waals surface area contributed by atoms with E-state index in [0.717, 1.165) is 30.5 Å². The van der Waals surface area contributed by atoms with Crippen LogP contribution in [0, 0.1) is 0 Å². The van der Waals surface area contributed by atoms with Gasteiger partial charge in [0.25, 0.3) is 5.91 Å². The smallest absolute Gasteiger partial charge is 0.254 e. The number of rotatable bonds is 7. The molecule has 0 radical (unpaired) electrons. The molecule has 2 amide bonds. The highest BCUT2D eigenvalue weighted by atomic mass is 19.1. The first kappa shape index (κ1) is 24.0. The fraction of sp³-hybridized carbons (Fsp3) is 0.462. The van der Waals surface area contributed by atoms with Gasteiger partial charge in [0.15, 0.2) is 0 Å². The first-order valence-corrected chi connectivity index (χ1v) is 12.3. The standard InChI is InChI=1S/C26H31FN6O3/c1-15(2)33-23(28)21(24(29)35)22(31-33)17-5-3-16(4-6-17)13-19(34)30-20-14-18(32-36-20)25-7-10-26(27,11-8-25)12-9-25/h3-6,14-15H,7-13,28H2,1-2H3,(H2,29,35)(H,30,34). The molecular formula is C26H31FN6O3. The topological polar surface area (TPSA) is 142 Å². The number of hydrogen-bond acceptors (Lipinski definition) is 6. The summed E-state index contributed by atoms with van der Waals surface area (Å²) in [7, 11) is 0. The number of benzene rings is 1. The lowest BCUT2D eigenvalue weighted by atomic mass is 9.58. The number of halogens is 1. The molecular weight excluding hydrogens is 463 g/mol. The first-order valence-electron chi connectivity index (χ1n) is 12.3. The minimum atomic E-state index is -1.01. The average molecular weight is 495 g/mol. The van der Waals surface area contributed by atoms with Crippen LogP contribution in [0.4, 0.5) is 16.1 Å². The highest BCUT2D eigenvalue weighted by Crippen LogP contribution is 2.55. The summed E-state index contributed by atoms with van der Waals surface area (Å²) in [6.45, 7) is 3.82. The van der Waals surface area contributed by atoms with E-state index in [1.165, 1.54) is 0 Å². The number of aromatic nitrogens is 3. The number of nitrogen functional groups attached to an aromatic ring is 1. The van der Waals surface area contributed by atoms with Crippen molar-refractivity contribution in [2.24, 2.45) is 5.73 Å². The van der Waals surface area contributed by atoms with Gasteiger partial charge in [-0.3, -0.25) is 14.9 Å². The maximum atomic E-state index is 14.5. The van der Waals surface area contributed by atoms with E-state index in [2.05, 4.69) is 15.6 Å². The van der Waals surface area contributed by atoms with Crippen molar-refractivity contribution in [1.82, 2.24) is 14.9 Å². The number of fused-ring (bicyclic) bond motifs is 3. The summed E-state index contributed by atoms with van der Waals surface area (Å²) in [5, 5.41) is 11.5. The summed E-state index contributed by atoms with van der Waals surface area (Å²) in [5.74, 6) is -0.365. The van der Waals surface area contributed by atoms with Gasteiger partial charge in [-0.2, -0.15) is 5.10 Å². The van der Waals surface area contributed by atoms with E-state index < -0.39 is 11.6 Å². The molecule has 3 aliphatic rings. The van der Waals surface area contributed by atoms with Gasteiger partial charge in [-0.1, -0.05) is 29.4 Å². The van der Waals surface area contributed by atoms with E-state index in [1.807, 2.05) is 13.8 Å². The highest BCUT2D eigenvalue weighted by Gasteiger charge is 2.51. The van der Waals surface area contributed by atoms with Crippen molar-refractivity contribution in [3.05, 3.63) is 47.2 Å². The fourth-order valence-electron chi connectivity index (χ4n) is 5.54. The maximum Gasteiger partial charge on any atom is 0.254 e. The third-order valence-electron chi connectivity index (χ3n) is 7.75. The Bertz CT molecular complexity index is 1290. The molecule has 3 aliphatic carbocycles. The number of carbonyl (C=O) groups is 2. The van der Waals surface area contributed by atoms with Crippen molar-refractivity contribution >= 4 is 23.5 Å². The monoisotopic (exact) mass is 494 g/mol. The number of amides is 2. The van der Waals surface area contributed by atoms with Crippen molar-refractivity contribution in [3.8, 4) is 11.3 Å². The molecule has 2 bridgehead atoms. The van der Waals surface area contributed by atoms with Crippen molar-refractivity contribution in [3.63, 3.8) is 0 Å². The molecule has 5 N–H and O–H groups in total. The van der Waals surface area contributed by atoms with E-state index in [4.69, 9.17) is 16.0 Å². The molecule has 3 fully saturated rings. The predicted molar refractivity (Wildman–Crippen MR) is 133 cm³/mol. The number of hydrogen-bond donors (Lipinski definition) is 3. The molecule has 0 atom stereocenters. The Morgan fingerprint density at radius 2 is 1.78 bits per heavy atom. The molecule has 0 spiro atoms. The summed E-state index contributed by atoms with van der Waals surface area (Å²) in [6.07, 6.45) is 4.07. The average Bonchev–Trinajstić information content (AvgIpc) is 3.45. The number of carbonyl (C=O) groups excluding carboxylic acids is 2. The quantitative estimate of drug-likeness (QED) is 0.447. The maximum absolute atomic E-state index is 14.5. The van der Waals surface area contributed by atoms with Gasteiger partial charge < -0.3 is 16.0 Å². The lowest BCUT2D eigenvalue weighted by Crippen LogP contribution is -2.45. The SMILES string of the molecule is CC(C)n1nc(-c2ccc(CC(=O)Nc3cc(C45CCC(F)(CC4)CC5)no3)cc2)c(C(N)=O)c1N. The number of nitrogens with two attached hydrogens (primary N) is 2. The van der Waals surface area contributed by atoms with Gasteiger partial charge in [-0.15, -0.1) is 0 Å². The highest BCUT2D eigenvalue weighted by molar-refractivity contribution is 6.03. The van der Waals surface area contributed by atoms with E-state index in [0.29, 0.717) is 36.4 Å². The number of nitrogens with zero attached hydrogens (tertiary/aromatic N) is 3. The van der Waals surface area contributed by atoms with Gasteiger partial charge >= 0.3 is 0 Å². The Morgan fingerprint density at radius 1 is 1.14 bits per heavy atom. The predicted octanol–water partition coefficient (Wildman–Crippen LogP) is 4.30. The second-order valence-corrected chi connectivity index (χ2v) is 10.4. The second-order valence-electron chi connectivity index (χ2n) is 10.4. The molecule has 10 heteroatoms. The molecule has 3 saturated carbocycles. The minimum absolute atomic E-state index is 0.0375. The van der Waals surface area contributed by atoms with Crippen LogP contribution in [0.2, 0.25) is 0 Å². The Kier molecular flexibility index (Phi) is 5.84.